The normalized spacial score (nSPS) is 12.6. The van der Waals surface area contributed by atoms with Crippen LogP contribution in [0.4, 0.5) is 96.9 Å². The second-order valence-electron chi connectivity index (χ2n) is 24.5. The second-order valence-corrected chi connectivity index (χ2v) is 25.7. The van der Waals surface area contributed by atoms with E-state index in [9.17, 15) is 86.9 Å². The number of aromatic nitrogens is 2. The molecule has 0 aliphatic carbocycles. The van der Waals surface area contributed by atoms with Crippen LogP contribution in [0.25, 0.3) is 0 Å². The lowest BCUT2D eigenvalue weighted by Crippen LogP contribution is -2.21. The number of benzene rings is 8. The number of aliphatic hydroxyl groups excluding tert-OH is 1. The standard InChI is InChI=1S/C21H16F3N3O.C15H11F3N2O2.C15H13F3N2.C8H9N.C7H3F4NO2.C6H4ClNO.C6H15N.CH2Cl2.CH4O.ClH/c22-21(23,24)17-5-6-19(27-12-15-3-1-2-4-16(15)13-27)18(11-17)26-20(28)14-7-9-25-10-8-14;16-15(17,18)12-5-6-13(14(7-12)20(21)22)19-8-10-3-1-2-4-11(10)9-19;16-15(17,18)12-5-6-14(13(19)7-12)20-8-10-3-1-2-4-11(10)9-20;1-2-4-8-6-9-5-7(8)3-1;8-5-2-1-4(7(9,10)11)3-6(5)12(13)14;7-6(9)5-1-3-8-4-2-5;1-4-7(5-2)6-3;2-1-3;1-2;/h1-11H,12-13H2,(H,26,28);1-7H,8-9H2;1-7H,8-9,19H2;1-4,9H,5-6H2;1-3H;1-4H;4-6H2,1-3H3;1H2;2H,1H3;1H. The van der Waals surface area contributed by atoms with Crippen LogP contribution >= 0.6 is 47.2 Å². The minimum Gasteiger partial charge on any atom is -0.400 e. The van der Waals surface area contributed by atoms with Gasteiger partial charge in [0.15, 0.2) is 0 Å². The zero-order chi connectivity index (χ0) is 84.1. The molecule has 0 saturated heterocycles. The Bertz CT molecular complexity index is 4700. The first kappa shape index (κ1) is 94.9. The molecule has 6 heterocycles. The van der Waals surface area contributed by atoms with E-state index < -0.39 is 85.1 Å². The van der Waals surface area contributed by atoms with Gasteiger partial charge in [0.2, 0.25) is 5.82 Å². The lowest BCUT2D eigenvalue weighted by molar-refractivity contribution is -0.387. The minimum atomic E-state index is -4.71. The van der Waals surface area contributed by atoms with Crippen LogP contribution < -0.4 is 31.1 Å². The van der Waals surface area contributed by atoms with E-state index >= 15 is 0 Å². The van der Waals surface area contributed by atoms with Gasteiger partial charge in [-0.15, -0.1) is 35.6 Å². The fourth-order valence-electron chi connectivity index (χ4n) is 11.6. The van der Waals surface area contributed by atoms with Crippen molar-refractivity contribution in [3.05, 3.63) is 323 Å². The highest BCUT2D eigenvalue weighted by molar-refractivity contribution is 6.67. The van der Waals surface area contributed by atoms with Crippen LogP contribution in [0.1, 0.15) is 108 Å². The number of pyridine rings is 2. The summed E-state index contributed by atoms with van der Waals surface area (Å²) in [7, 11) is 1.00. The molecule has 0 unspecified atom stereocenters. The number of halogens is 17. The molecule has 8 aromatic carbocycles. The third-order valence-corrected chi connectivity index (χ3v) is 17.6. The Morgan fingerprint density at radius 3 is 1.11 bits per heavy atom. The number of fused-ring (bicyclic) bond motifs is 4. The molecule has 4 aliphatic heterocycles. The Labute approximate surface area is 675 Å². The molecule has 0 atom stereocenters. The van der Waals surface area contributed by atoms with Gasteiger partial charge in [0.1, 0.15) is 5.69 Å². The first-order chi connectivity index (χ1) is 54.1. The zero-order valence-corrected chi connectivity index (χ0v) is 64.9. The number of rotatable bonds is 11. The Kier molecular flexibility index (Phi) is 37.0. The van der Waals surface area contributed by atoms with Crippen LogP contribution in [-0.4, -0.2) is 73.1 Å². The third kappa shape index (κ3) is 28.4. The smallest absolute Gasteiger partial charge is 0.400 e. The summed E-state index contributed by atoms with van der Waals surface area (Å²) >= 11 is 14.7. The van der Waals surface area contributed by atoms with Gasteiger partial charge >= 0.3 is 30.4 Å². The molecule has 4 aliphatic rings. The van der Waals surface area contributed by atoms with Crippen molar-refractivity contribution < 1.29 is 81.6 Å². The summed E-state index contributed by atoms with van der Waals surface area (Å²) in [6, 6.07) is 48.7. The van der Waals surface area contributed by atoms with Crippen LogP contribution in [0.15, 0.2) is 219 Å². The molecule has 14 rings (SSSR count). The number of aliphatic hydroxyl groups is 1. The number of alkyl halides is 14. The number of amides is 1. The number of nitrogens with two attached hydrogens (primary N) is 1. The molecular formula is C80H78Cl4F13N11O7. The van der Waals surface area contributed by atoms with Crippen molar-refractivity contribution in [3.8, 4) is 0 Å². The van der Waals surface area contributed by atoms with E-state index in [-0.39, 0.29) is 40.9 Å². The van der Waals surface area contributed by atoms with Crippen molar-refractivity contribution in [3.63, 3.8) is 0 Å². The molecule has 35 heteroatoms. The van der Waals surface area contributed by atoms with Gasteiger partial charge in [-0.2, -0.15) is 57.1 Å². The lowest BCUT2D eigenvalue weighted by Gasteiger charge is -2.23. The van der Waals surface area contributed by atoms with Gasteiger partial charge in [-0.25, -0.2) is 0 Å². The topological polar surface area (TPSA) is 229 Å². The number of nitrogens with zero attached hydrogens (tertiary/aromatic N) is 8. The highest BCUT2D eigenvalue weighted by atomic mass is 35.5. The fourth-order valence-corrected chi connectivity index (χ4v) is 11.8. The molecule has 115 heavy (non-hydrogen) atoms. The van der Waals surface area contributed by atoms with Crippen molar-refractivity contribution in [1.29, 1.82) is 0 Å². The number of anilines is 5. The summed E-state index contributed by atoms with van der Waals surface area (Å²) in [4.78, 5) is 57.8. The summed E-state index contributed by atoms with van der Waals surface area (Å²) in [6.45, 7) is 15.6. The fraction of sp³-hybridized carbons (Fsp3) is 0.250. The number of carbonyl (C=O) groups is 2. The molecule has 2 aromatic heterocycles. The summed E-state index contributed by atoms with van der Waals surface area (Å²) in [5.41, 5.74) is 12.4. The highest BCUT2D eigenvalue weighted by Crippen LogP contribution is 2.42. The van der Waals surface area contributed by atoms with E-state index in [0.717, 1.165) is 72.8 Å². The van der Waals surface area contributed by atoms with Gasteiger partial charge in [-0.1, -0.05) is 118 Å². The Balaban J connectivity index is 0.000000247. The Morgan fingerprint density at radius 2 is 0.783 bits per heavy atom. The zero-order valence-electron chi connectivity index (χ0n) is 61.8. The number of hydrogen-bond donors (Lipinski definition) is 4. The maximum absolute atomic E-state index is 13.2. The van der Waals surface area contributed by atoms with Crippen LogP contribution in [-0.2, 0) is 77.1 Å². The van der Waals surface area contributed by atoms with Gasteiger partial charge in [0, 0.05) is 108 Å². The molecule has 10 aromatic rings. The summed E-state index contributed by atoms with van der Waals surface area (Å²) in [6.07, 6.45) is -12.2. The predicted molar refractivity (Wildman–Crippen MR) is 421 cm³/mol. The van der Waals surface area contributed by atoms with E-state index in [2.05, 4.69) is 70.5 Å². The van der Waals surface area contributed by atoms with Crippen LogP contribution in [0.3, 0.4) is 0 Å². The first-order valence-electron chi connectivity index (χ1n) is 34.5. The van der Waals surface area contributed by atoms with Gasteiger partial charge in [-0.3, -0.25) is 39.8 Å². The van der Waals surface area contributed by atoms with Crippen molar-refractivity contribution in [1.82, 2.24) is 20.2 Å². The van der Waals surface area contributed by atoms with Gasteiger partial charge < -0.3 is 41.1 Å². The lowest BCUT2D eigenvalue weighted by atomic mass is 10.1. The highest BCUT2D eigenvalue weighted by Gasteiger charge is 2.37. The van der Waals surface area contributed by atoms with E-state index in [1.807, 2.05) is 82.6 Å². The third-order valence-electron chi connectivity index (χ3n) is 17.4. The van der Waals surface area contributed by atoms with Crippen molar-refractivity contribution in [2.45, 2.75) is 97.8 Å². The van der Waals surface area contributed by atoms with Gasteiger partial charge in [0.25, 0.3) is 16.8 Å². The molecule has 0 radical (unpaired) electrons. The molecule has 18 nitrogen and oxygen atoms in total. The SMILES string of the molecule is CCN(CC)CC.CO.Cl.ClCCl.Nc1cc(C(F)(F)F)ccc1N1Cc2ccccc2C1.O=C(Cl)c1ccncc1.O=C(Nc1cc(C(F)(F)F)ccc1N1Cc2ccccc2C1)c1ccncc1.O=[N+]([O-])c1cc(C(F)(F)F)ccc1F.O=[N+]([O-])c1cc(C(F)(F)F)ccc1N1Cc2ccccc2C1.c1ccc2c(c1)CNC2. The summed E-state index contributed by atoms with van der Waals surface area (Å²) in [5, 5.41) is 33.9. The molecular weight excluding hydrogens is 1620 g/mol. The number of carbonyl (C=O) groups excluding carboxylic acids is 2. The number of nitro groups is 2. The average molecular weight is 1690 g/mol. The van der Waals surface area contributed by atoms with Crippen LogP contribution in [0.2, 0.25) is 0 Å². The predicted octanol–water partition coefficient (Wildman–Crippen LogP) is 21.1. The van der Waals surface area contributed by atoms with Crippen molar-refractivity contribution in [2.75, 3.05) is 57.8 Å². The van der Waals surface area contributed by atoms with Crippen molar-refractivity contribution in [2.24, 2.45) is 0 Å². The number of nitrogen functional groups attached to an aromatic ring is 1. The molecule has 614 valence electrons. The maximum atomic E-state index is 13.2. The van der Waals surface area contributed by atoms with Crippen molar-refractivity contribution >= 4 is 98.2 Å². The Hall–Kier alpha value is -10.7. The van der Waals surface area contributed by atoms with E-state index in [1.165, 1.54) is 97.0 Å². The molecule has 1 amide bonds. The largest absolute Gasteiger partial charge is 0.416 e. The molecule has 0 fully saturated rings. The number of hydrogen-bond acceptors (Lipinski definition) is 15. The quantitative estimate of drug-likeness (QED) is 0.0236. The molecule has 0 spiro atoms. The average Bonchev–Trinajstić information content (AvgIpc) is 1.70. The van der Waals surface area contributed by atoms with Gasteiger partial charge in [0.05, 0.1) is 60.2 Å². The summed E-state index contributed by atoms with van der Waals surface area (Å²) in [5.74, 6) is -1.78. The first-order valence-corrected chi connectivity index (χ1v) is 35.9. The maximum Gasteiger partial charge on any atom is 0.416 e. The second kappa shape index (κ2) is 44.8. The molecule has 0 saturated carbocycles. The van der Waals surface area contributed by atoms with E-state index in [1.54, 1.807) is 17.0 Å². The van der Waals surface area contributed by atoms with E-state index in [0.29, 0.717) is 80.0 Å². The van der Waals surface area contributed by atoms with Gasteiger partial charge in [-0.05, 0) is 161 Å². The monoisotopic (exact) mass is 1690 g/mol. The van der Waals surface area contributed by atoms with Crippen LogP contribution in [0.5, 0.6) is 0 Å². The Morgan fingerprint density at radius 1 is 0.478 bits per heavy atom. The number of nitrogens with one attached hydrogen (secondary N) is 2. The minimum absolute atomic E-state index is 0. The summed E-state index contributed by atoms with van der Waals surface area (Å²) < 4.78 is 164. The van der Waals surface area contributed by atoms with E-state index in [4.69, 9.17) is 45.6 Å². The number of nitro benzene ring substituents is 2. The molecule has 5 N–H and O–H groups in total. The molecule has 0 bridgehead atoms. The van der Waals surface area contributed by atoms with Crippen LogP contribution in [0, 0.1) is 26.0 Å².